The van der Waals surface area contributed by atoms with E-state index >= 15 is 0 Å². The van der Waals surface area contributed by atoms with Crippen molar-refractivity contribution >= 4 is 46.5 Å². The van der Waals surface area contributed by atoms with E-state index < -0.39 is 0 Å². The predicted octanol–water partition coefficient (Wildman–Crippen LogP) is 5.39. The number of rotatable bonds is 1. The average molecular weight is 396 g/mol. The minimum Gasteiger partial charge on any atom is -0.376 e. The number of hydrogen-bond donors (Lipinski definition) is 0. The summed E-state index contributed by atoms with van der Waals surface area (Å²) >= 11 is 0. The van der Waals surface area contributed by atoms with E-state index in [0.29, 0.717) is 0 Å². The highest BCUT2D eigenvalue weighted by Crippen LogP contribution is 2.46. The summed E-state index contributed by atoms with van der Waals surface area (Å²) in [5.74, 6) is 0. The Balaban J connectivity index is 1.80. The van der Waals surface area contributed by atoms with Gasteiger partial charge in [-0.25, -0.2) is 0 Å². The highest BCUT2D eigenvalue weighted by Gasteiger charge is 2.43. The second-order valence-corrected chi connectivity index (χ2v) is 8.03. The van der Waals surface area contributed by atoms with E-state index in [2.05, 4.69) is 114 Å². The van der Waals surface area contributed by atoms with Crippen LogP contribution in [0.3, 0.4) is 0 Å². The Hall–Kier alpha value is -3.85. The Morgan fingerprint density at radius 2 is 1.45 bits per heavy atom. The standard InChI is InChI=1S/C28H21BN2/c1-3-27-24(18-30-2)22-13-7-9-15-26(22)29-25-14-8-6-12-21(25)23-17-16-19-10-4-5-11-20(19)28(23)31(27)29/h3-18H,2H2,1H3/b24-18?,27-3+. The molecule has 0 radical (unpaired) electrons. The number of nitrogens with zero attached hydrogens (tertiary/aromatic N) is 2. The normalized spacial score (nSPS) is 16.7. The molecule has 31 heavy (non-hydrogen) atoms. The van der Waals surface area contributed by atoms with E-state index in [0.717, 1.165) is 5.57 Å². The van der Waals surface area contributed by atoms with Gasteiger partial charge >= 0.3 is 6.85 Å². The Morgan fingerprint density at radius 1 is 0.774 bits per heavy atom. The zero-order valence-corrected chi connectivity index (χ0v) is 17.4. The second kappa shape index (κ2) is 6.85. The molecule has 0 fully saturated rings. The molecule has 2 aliphatic heterocycles. The van der Waals surface area contributed by atoms with Crippen LogP contribution in [0.25, 0.3) is 27.5 Å². The summed E-state index contributed by atoms with van der Waals surface area (Å²) in [5.41, 5.74) is 9.99. The maximum atomic E-state index is 4.18. The lowest BCUT2D eigenvalue weighted by Gasteiger charge is -2.45. The van der Waals surface area contributed by atoms with Gasteiger partial charge in [0.25, 0.3) is 0 Å². The molecule has 146 valence electrons. The van der Waals surface area contributed by atoms with Crippen LogP contribution in [0.2, 0.25) is 0 Å². The Kier molecular flexibility index (Phi) is 3.97. The fourth-order valence-corrected chi connectivity index (χ4v) is 5.32. The van der Waals surface area contributed by atoms with Crippen LogP contribution in [0.5, 0.6) is 0 Å². The molecule has 4 aromatic carbocycles. The van der Waals surface area contributed by atoms with Gasteiger partial charge in [0.05, 0.1) is 0 Å². The molecule has 0 bridgehead atoms. The van der Waals surface area contributed by atoms with Gasteiger partial charge in [-0.05, 0) is 41.1 Å². The summed E-state index contributed by atoms with van der Waals surface area (Å²) in [6, 6.07) is 30.7. The highest BCUT2D eigenvalue weighted by atomic mass is 15.1. The van der Waals surface area contributed by atoms with Gasteiger partial charge in [0.15, 0.2) is 0 Å². The quantitative estimate of drug-likeness (QED) is 0.311. The van der Waals surface area contributed by atoms with Crippen molar-refractivity contribution in [2.45, 2.75) is 6.92 Å². The lowest BCUT2D eigenvalue weighted by Crippen LogP contribution is -2.62. The lowest BCUT2D eigenvalue weighted by molar-refractivity contribution is 1.27. The monoisotopic (exact) mass is 396 g/mol. The van der Waals surface area contributed by atoms with Crippen molar-refractivity contribution in [1.82, 2.24) is 0 Å². The lowest BCUT2D eigenvalue weighted by atomic mass is 9.42. The molecule has 0 amide bonds. The fourth-order valence-electron chi connectivity index (χ4n) is 5.32. The van der Waals surface area contributed by atoms with Gasteiger partial charge in [-0.2, -0.15) is 0 Å². The van der Waals surface area contributed by atoms with Crippen molar-refractivity contribution in [3.63, 3.8) is 0 Å². The van der Waals surface area contributed by atoms with Crippen LogP contribution >= 0.6 is 0 Å². The SMILES string of the molecule is C=NC=C1/C(=C\C)N2B(c3ccccc31)c1ccccc1-c1ccc3ccccc3c12. The number of hydrogen-bond acceptors (Lipinski definition) is 2. The zero-order valence-electron chi connectivity index (χ0n) is 17.4. The number of aliphatic imine (C=N–C) groups is 1. The second-order valence-electron chi connectivity index (χ2n) is 8.03. The largest absolute Gasteiger partial charge is 0.376 e. The molecule has 0 aliphatic carbocycles. The molecule has 4 aromatic rings. The van der Waals surface area contributed by atoms with Crippen LogP contribution in [0, 0.1) is 0 Å². The Labute approximate surface area is 183 Å². The summed E-state index contributed by atoms with van der Waals surface area (Å²) in [6.45, 7) is 5.98. The van der Waals surface area contributed by atoms with E-state index in [-0.39, 0.29) is 6.85 Å². The minimum absolute atomic E-state index is 0.110. The van der Waals surface area contributed by atoms with Crippen molar-refractivity contribution in [1.29, 1.82) is 0 Å². The molecular weight excluding hydrogens is 375 g/mol. The predicted molar refractivity (Wildman–Crippen MR) is 135 cm³/mol. The first kappa shape index (κ1) is 18.0. The third-order valence-corrected chi connectivity index (χ3v) is 6.52. The topological polar surface area (TPSA) is 15.6 Å². The summed E-state index contributed by atoms with van der Waals surface area (Å²) in [7, 11) is 0. The maximum Gasteiger partial charge on any atom is 0.329 e. The molecule has 0 unspecified atom stereocenters. The molecule has 0 atom stereocenters. The van der Waals surface area contributed by atoms with Gasteiger partial charge in [-0.3, -0.25) is 4.99 Å². The van der Waals surface area contributed by atoms with Gasteiger partial charge in [0.1, 0.15) is 0 Å². The molecule has 0 saturated carbocycles. The van der Waals surface area contributed by atoms with Gasteiger partial charge in [0.2, 0.25) is 0 Å². The number of anilines is 1. The number of allylic oxidation sites excluding steroid dienone is 2. The van der Waals surface area contributed by atoms with Crippen molar-refractivity contribution in [2.75, 3.05) is 4.81 Å². The summed E-state index contributed by atoms with van der Waals surface area (Å²) in [6.07, 6.45) is 4.11. The van der Waals surface area contributed by atoms with E-state index in [4.69, 9.17) is 0 Å². The summed E-state index contributed by atoms with van der Waals surface area (Å²) in [5, 5.41) is 2.52. The van der Waals surface area contributed by atoms with Crippen LogP contribution in [0.15, 0.2) is 108 Å². The van der Waals surface area contributed by atoms with Crippen molar-refractivity contribution in [3.05, 3.63) is 108 Å². The van der Waals surface area contributed by atoms with Crippen LogP contribution in [-0.2, 0) is 0 Å². The molecule has 0 aromatic heterocycles. The third-order valence-electron chi connectivity index (χ3n) is 6.52. The minimum atomic E-state index is 0.110. The van der Waals surface area contributed by atoms with Crippen LogP contribution < -0.4 is 15.7 Å². The van der Waals surface area contributed by atoms with E-state index in [1.165, 1.54) is 49.8 Å². The summed E-state index contributed by atoms with van der Waals surface area (Å²) in [4.78, 5) is 6.69. The van der Waals surface area contributed by atoms with Crippen LogP contribution in [0.4, 0.5) is 5.69 Å². The molecule has 3 heteroatoms. The molecule has 6 rings (SSSR count). The molecule has 0 saturated heterocycles. The van der Waals surface area contributed by atoms with Crippen molar-refractivity contribution < 1.29 is 0 Å². The van der Waals surface area contributed by atoms with Crippen LogP contribution in [-0.4, -0.2) is 13.6 Å². The molecular formula is C28H21BN2. The van der Waals surface area contributed by atoms with E-state index in [9.17, 15) is 0 Å². The third kappa shape index (κ3) is 2.44. The summed E-state index contributed by atoms with van der Waals surface area (Å²) < 4.78 is 0. The van der Waals surface area contributed by atoms with Crippen molar-refractivity contribution in [3.8, 4) is 11.1 Å². The van der Waals surface area contributed by atoms with Gasteiger partial charge in [0, 0.05) is 34.1 Å². The molecule has 0 N–H and O–H groups in total. The van der Waals surface area contributed by atoms with Crippen LogP contribution in [0.1, 0.15) is 12.5 Å². The van der Waals surface area contributed by atoms with E-state index in [1.807, 2.05) is 6.20 Å². The average Bonchev–Trinajstić information content (AvgIpc) is 2.83. The van der Waals surface area contributed by atoms with Crippen molar-refractivity contribution in [2.24, 2.45) is 4.99 Å². The molecule has 2 nitrogen and oxygen atoms in total. The molecule has 2 heterocycles. The smallest absolute Gasteiger partial charge is 0.329 e. The van der Waals surface area contributed by atoms with E-state index in [1.54, 1.807) is 0 Å². The van der Waals surface area contributed by atoms with Gasteiger partial charge < -0.3 is 4.81 Å². The number of fused-ring (bicyclic) bond motifs is 10. The van der Waals surface area contributed by atoms with Gasteiger partial charge in [-0.15, -0.1) is 0 Å². The zero-order chi connectivity index (χ0) is 20.9. The first-order chi connectivity index (χ1) is 15.3. The highest BCUT2D eigenvalue weighted by molar-refractivity contribution is 6.92. The molecule has 2 aliphatic rings. The fraction of sp³-hybridized carbons (Fsp3) is 0.0357. The molecule has 0 spiro atoms. The number of benzene rings is 4. The van der Waals surface area contributed by atoms with Gasteiger partial charge in [-0.1, -0.05) is 91.0 Å². The first-order valence-electron chi connectivity index (χ1n) is 10.7. The Morgan fingerprint density at radius 3 is 2.23 bits per heavy atom. The first-order valence-corrected chi connectivity index (χ1v) is 10.7. The maximum absolute atomic E-state index is 4.18. The Bertz CT molecular complexity index is 1430.